The number of furan rings is 1. The molecule has 1 N–H and O–H groups in total. The molecular formula is C19H21N3O5. The lowest BCUT2D eigenvalue weighted by molar-refractivity contribution is -0.138. The molecule has 0 saturated heterocycles. The first-order chi connectivity index (χ1) is 12.8. The lowest BCUT2D eigenvalue weighted by Gasteiger charge is -2.29. The number of nitrogens with zero attached hydrogens (tertiary/aromatic N) is 2. The van der Waals surface area contributed by atoms with Gasteiger partial charge in [-0.1, -0.05) is 12.7 Å². The standard InChI is InChI=1S/C19H21N3O5/c1-6-9-26-18(24)13-11(3)20-16-15(14(13)12-8-7-10(2)27-12)17(23)22(5)19(25)21(16)4/h6-8,14,20H,1,9H2,2-5H3. The van der Waals surface area contributed by atoms with Crippen molar-refractivity contribution in [3.8, 4) is 0 Å². The molecule has 3 heterocycles. The number of carbonyl (C=O) groups excluding carboxylic acids is 1. The number of carbonyl (C=O) groups is 1. The molecule has 0 fully saturated rings. The number of hydrogen-bond donors (Lipinski definition) is 1. The van der Waals surface area contributed by atoms with E-state index < -0.39 is 23.1 Å². The zero-order valence-electron chi connectivity index (χ0n) is 15.7. The van der Waals surface area contributed by atoms with Gasteiger partial charge in [-0.25, -0.2) is 9.59 Å². The van der Waals surface area contributed by atoms with E-state index in [4.69, 9.17) is 9.15 Å². The van der Waals surface area contributed by atoms with Crippen molar-refractivity contribution in [2.75, 3.05) is 11.9 Å². The molecule has 0 bridgehead atoms. The van der Waals surface area contributed by atoms with Crippen molar-refractivity contribution in [1.82, 2.24) is 9.13 Å². The predicted molar refractivity (Wildman–Crippen MR) is 99.7 cm³/mol. The minimum atomic E-state index is -0.794. The maximum atomic E-state index is 12.9. The normalized spacial score (nSPS) is 15.9. The van der Waals surface area contributed by atoms with Crippen molar-refractivity contribution >= 4 is 11.8 Å². The summed E-state index contributed by atoms with van der Waals surface area (Å²) in [6.45, 7) is 7.05. The highest BCUT2D eigenvalue weighted by molar-refractivity contribution is 5.94. The number of ether oxygens (including phenoxy) is 1. The van der Waals surface area contributed by atoms with Crippen molar-refractivity contribution in [1.29, 1.82) is 0 Å². The molecule has 0 saturated carbocycles. The summed E-state index contributed by atoms with van der Waals surface area (Å²) in [5, 5.41) is 3.01. The Morgan fingerprint density at radius 1 is 1.30 bits per heavy atom. The highest BCUT2D eigenvalue weighted by Crippen LogP contribution is 2.40. The minimum Gasteiger partial charge on any atom is -0.465 e. The van der Waals surface area contributed by atoms with Gasteiger partial charge in [0.25, 0.3) is 5.56 Å². The van der Waals surface area contributed by atoms with E-state index in [1.807, 2.05) is 0 Å². The number of aryl methyl sites for hydroxylation is 1. The van der Waals surface area contributed by atoms with E-state index in [2.05, 4.69) is 11.9 Å². The zero-order chi connectivity index (χ0) is 19.9. The van der Waals surface area contributed by atoms with Crippen LogP contribution in [0, 0.1) is 6.92 Å². The van der Waals surface area contributed by atoms with Crippen molar-refractivity contribution in [3.63, 3.8) is 0 Å². The Morgan fingerprint density at radius 2 is 2.00 bits per heavy atom. The highest BCUT2D eigenvalue weighted by atomic mass is 16.5. The quantitative estimate of drug-likeness (QED) is 0.647. The summed E-state index contributed by atoms with van der Waals surface area (Å²) < 4.78 is 13.3. The molecule has 142 valence electrons. The van der Waals surface area contributed by atoms with Crippen LogP contribution in [0.5, 0.6) is 0 Å². The molecule has 0 aromatic carbocycles. The SMILES string of the molecule is C=CCOC(=O)C1=C(C)Nc2c(c(=O)n(C)c(=O)n2C)C1c1ccc(C)o1. The number of hydrogen-bond acceptors (Lipinski definition) is 6. The second kappa shape index (κ2) is 6.79. The van der Waals surface area contributed by atoms with Crippen molar-refractivity contribution in [3.05, 3.63) is 74.0 Å². The fourth-order valence-corrected chi connectivity index (χ4v) is 3.26. The fourth-order valence-electron chi connectivity index (χ4n) is 3.26. The molecule has 8 nitrogen and oxygen atoms in total. The van der Waals surface area contributed by atoms with E-state index in [9.17, 15) is 14.4 Å². The molecule has 1 atom stereocenters. The van der Waals surface area contributed by atoms with Crippen LogP contribution >= 0.6 is 0 Å². The first-order valence-electron chi connectivity index (χ1n) is 8.40. The Bertz CT molecular complexity index is 1080. The number of allylic oxidation sites excluding steroid dienone is 1. The third-order valence-corrected chi connectivity index (χ3v) is 4.58. The first-order valence-corrected chi connectivity index (χ1v) is 8.40. The Hall–Kier alpha value is -3.29. The summed E-state index contributed by atoms with van der Waals surface area (Å²) in [7, 11) is 2.96. The molecule has 0 amide bonds. The summed E-state index contributed by atoms with van der Waals surface area (Å²) in [6.07, 6.45) is 1.47. The number of aromatic nitrogens is 2. The van der Waals surface area contributed by atoms with Gasteiger partial charge in [0, 0.05) is 19.8 Å². The Morgan fingerprint density at radius 3 is 2.59 bits per heavy atom. The highest BCUT2D eigenvalue weighted by Gasteiger charge is 2.39. The number of anilines is 1. The van der Waals surface area contributed by atoms with Gasteiger partial charge in [0.2, 0.25) is 0 Å². The monoisotopic (exact) mass is 371 g/mol. The van der Waals surface area contributed by atoms with E-state index in [0.717, 1.165) is 4.57 Å². The van der Waals surface area contributed by atoms with Gasteiger partial charge in [-0.05, 0) is 26.0 Å². The minimum absolute atomic E-state index is 0.0393. The van der Waals surface area contributed by atoms with Crippen LogP contribution < -0.4 is 16.6 Å². The van der Waals surface area contributed by atoms with Crippen LogP contribution in [-0.4, -0.2) is 21.7 Å². The number of nitrogens with one attached hydrogen (secondary N) is 1. The molecule has 1 aliphatic heterocycles. The fraction of sp³-hybridized carbons (Fsp3) is 0.316. The van der Waals surface area contributed by atoms with E-state index >= 15 is 0 Å². The van der Waals surface area contributed by atoms with Crippen LogP contribution in [-0.2, 0) is 23.6 Å². The van der Waals surface area contributed by atoms with Gasteiger partial charge in [0.05, 0.1) is 17.1 Å². The summed E-state index contributed by atoms with van der Waals surface area (Å²) in [4.78, 5) is 38.0. The molecule has 2 aromatic rings. The molecule has 1 aliphatic rings. The number of esters is 1. The van der Waals surface area contributed by atoms with Crippen molar-refractivity contribution in [2.45, 2.75) is 19.8 Å². The third-order valence-electron chi connectivity index (χ3n) is 4.58. The molecular weight excluding hydrogens is 350 g/mol. The van der Waals surface area contributed by atoms with Crippen molar-refractivity contribution in [2.24, 2.45) is 14.1 Å². The smallest absolute Gasteiger partial charge is 0.337 e. The molecule has 3 rings (SSSR count). The molecule has 0 aliphatic carbocycles. The van der Waals surface area contributed by atoms with E-state index in [0.29, 0.717) is 23.0 Å². The second-order valence-electron chi connectivity index (χ2n) is 6.40. The summed E-state index contributed by atoms with van der Waals surface area (Å²) >= 11 is 0. The average molecular weight is 371 g/mol. The lowest BCUT2D eigenvalue weighted by atomic mass is 9.85. The predicted octanol–water partition coefficient (Wildman–Crippen LogP) is 1.55. The Labute approximate surface area is 155 Å². The number of fused-ring (bicyclic) bond motifs is 1. The summed E-state index contributed by atoms with van der Waals surface area (Å²) in [5.74, 6) is 0.0253. The van der Waals surface area contributed by atoms with Crippen molar-refractivity contribution < 1.29 is 13.9 Å². The Kier molecular flexibility index (Phi) is 4.65. The van der Waals surface area contributed by atoms with Gasteiger partial charge in [0.1, 0.15) is 23.9 Å². The molecule has 0 radical (unpaired) electrons. The van der Waals surface area contributed by atoms with Gasteiger partial charge in [0.15, 0.2) is 0 Å². The van der Waals surface area contributed by atoms with Crippen LogP contribution in [0.1, 0.15) is 29.9 Å². The molecule has 27 heavy (non-hydrogen) atoms. The molecule has 0 spiro atoms. The van der Waals surface area contributed by atoms with Crippen LogP contribution in [0.25, 0.3) is 0 Å². The van der Waals surface area contributed by atoms with Crippen LogP contribution in [0.15, 0.2) is 50.1 Å². The molecule has 2 aromatic heterocycles. The van der Waals surface area contributed by atoms with Gasteiger partial charge in [-0.2, -0.15) is 0 Å². The first kappa shape index (κ1) is 18.5. The molecule has 8 heteroatoms. The van der Waals surface area contributed by atoms with Gasteiger partial charge < -0.3 is 14.5 Å². The zero-order valence-corrected chi connectivity index (χ0v) is 15.7. The van der Waals surface area contributed by atoms with Crippen LogP contribution in [0.2, 0.25) is 0 Å². The largest absolute Gasteiger partial charge is 0.465 e. The van der Waals surface area contributed by atoms with Crippen LogP contribution in [0.3, 0.4) is 0 Å². The van der Waals surface area contributed by atoms with Gasteiger partial charge >= 0.3 is 11.7 Å². The maximum absolute atomic E-state index is 12.9. The van der Waals surface area contributed by atoms with E-state index in [1.165, 1.54) is 17.7 Å². The topological polar surface area (TPSA) is 95.5 Å². The lowest BCUT2D eigenvalue weighted by Crippen LogP contribution is -2.43. The van der Waals surface area contributed by atoms with Crippen LogP contribution in [0.4, 0.5) is 5.82 Å². The summed E-state index contributed by atoms with van der Waals surface area (Å²) in [6, 6.07) is 3.47. The van der Waals surface area contributed by atoms with Gasteiger partial charge in [-0.15, -0.1) is 0 Å². The molecule has 1 unspecified atom stereocenters. The van der Waals surface area contributed by atoms with Gasteiger partial charge in [-0.3, -0.25) is 13.9 Å². The number of rotatable bonds is 4. The third kappa shape index (κ3) is 2.92. The van der Waals surface area contributed by atoms with E-state index in [1.54, 1.807) is 33.0 Å². The average Bonchev–Trinajstić information content (AvgIpc) is 3.07. The second-order valence-corrected chi connectivity index (χ2v) is 6.40. The Balaban J connectivity index is 2.32. The van der Waals surface area contributed by atoms with E-state index in [-0.39, 0.29) is 17.7 Å². The maximum Gasteiger partial charge on any atom is 0.337 e. The summed E-state index contributed by atoms with van der Waals surface area (Å²) in [5.41, 5.74) is 0.0331.